The maximum absolute atomic E-state index is 11.0. The van der Waals surface area contributed by atoms with Crippen molar-refractivity contribution in [1.82, 2.24) is 0 Å². The first-order valence-electron chi connectivity index (χ1n) is 4.85. The number of primary amides is 1. The van der Waals surface area contributed by atoms with E-state index in [4.69, 9.17) is 15.2 Å². The van der Waals surface area contributed by atoms with Crippen molar-refractivity contribution in [3.63, 3.8) is 0 Å². The Morgan fingerprint density at radius 1 is 1.44 bits per heavy atom. The second-order valence-electron chi connectivity index (χ2n) is 3.12. The number of hydrogen-bond acceptors (Lipinski definition) is 3. The van der Waals surface area contributed by atoms with E-state index < -0.39 is 5.91 Å². The Kier molecular flexibility index (Phi) is 5.11. The Hall–Kier alpha value is -1.23. The number of carbonyl (C=O) groups excluding carboxylic acids is 1. The van der Waals surface area contributed by atoms with Gasteiger partial charge in [-0.3, -0.25) is 4.79 Å². The number of alkyl halides is 1. The molecule has 0 fully saturated rings. The lowest BCUT2D eigenvalue weighted by Crippen LogP contribution is -2.11. The van der Waals surface area contributed by atoms with Crippen LogP contribution in [0.2, 0.25) is 0 Å². The predicted octanol–water partition coefficient (Wildman–Crippen LogP) is 1.96. The van der Waals surface area contributed by atoms with Gasteiger partial charge in [-0.15, -0.1) is 0 Å². The van der Waals surface area contributed by atoms with Crippen molar-refractivity contribution in [1.29, 1.82) is 0 Å². The van der Waals surface area contributed by atoms with E-state index in [0.717, 1.165) is 11.8 Å². The van der Waals surface area contributed by atoms with Gasteiger partial charge >= 0.3 is 0 Å². The van der Waals surface area contributed by atoms with Gasteiger partial charge in [-0.2, -0.15) is 0 Å². The number of amides is 1. The number of ether oxygens (including phenoxy) is 2. The molecule has 0 aliphatic carbocycles. The van der Waals surface area contributed by atoms with Gasteiger partial charge in [-0.05, 0) is 24.6 Å². The minimum Gasteiger partial charge on any atom is -0.493 e. The summed E-state index contributed by atoms with van der Waals surface area (Å²) >= 11 is 3.32. The van der Waals surface area contributed by atoms with Gasteiger partial charge in [0.2, 0.25) is 5.91 Å². The zero-order valence-electron chi connectivity index (χ0n) is 9.03. The van der Waals surface area contributed by atoms with Crippen LogP contribution < -0.4 is 15.2 Å². The van der Waals surface area contributed by atoms with Gasteiger partial charge in [0.25, 0.3) is 0 Å². The third kappa shape index (κ3) is 3.41. The molecular weight excluding hydrogens is 274 g/mol. The molecule has 0 saturated heterocycles. The van der Waals surface area contributed by atoms with Gasteiger partial charge in [0.15, 0.2) is 11.5 Å². The number of halogens is 1. The van der Waals surface area contributed by atoms with Crippen molar-refractivity contribution in [2.75, 3.05) is 19.0 Å². The van der Waals surface area contributed by atoms with Crippen LogP contribution in [0.3, 0.4) is 0 Å². The molecule has 1 rings (SSSR count). The lowest BCUT2D eigenvalue weighted by Gasteiger charge is -2.10. The van der Waals surface area contributed by atoms with E-state index in [1.54, 1.807) is 18.2 Å². The smallest absolute Gasteiger partial charge is 0.248 e. The number of carbonyl (C=O) groups is 1. The quantitative estimate of drug-likeness (QED) is 0.643. The van der Waals surface area contributed by atoms with Crippen LogP contribution in [0.4, 0.5) is 0 Å². The predicted molar refractivity (Wildman–Crippen MR) is 65.4 cm³/mol. The van der Waals surface area contributed by atoms with Crippen LogP contribution in [0.5, 0.6) is 11.5 Å². The standard InChI is InChI=1S/C11H14BrNO3/c1-15-10-7-8(11(13)14)3-4-9(10)16-6-2-5-12/h3-4,7H,2,5-6H2,1H3,(H2,13,14). The largest absolute Gasteiger partial charge is 0.493 e. The number of rotatable bonds is 6. The first kappa shape index (κ1) is 12.8. The second kappa shape index (κ2) is 6.37. The molecule has 0 aromatic heterocycles. The summed E-state index contributed by atoms with van der Waals surface area (Å²) in [5.41, 5.74) is 5.57. The molecule has 1 amide bonds. The molecule has 0 radical (unpaired) electrons. The van der Waals surface area contributed by atoms with Crippen molar-refractivity contribution in [3.8, 4) is 11.5 Å². The summed E-state index contributed by atoms with van der Waals surface area (Å²) in [6.07, 6.45) is 0.903. The molecule has 0 bridgehead atoms. The van der Waals surface area contributed by atoms with Crippen LogP contribution in [0.15, 0.2) is 18.2 Å². The SMILES string of the molecule is COc1cc(C(N)=O)ccc1OCCCBr. The molecule has 4 nitrogen and oxygen atoms in total. The number of benzene rings is 1. The van der Waals surface area contributed by atoms with Gasteiger partial charge in [0.05, 0.1) is 13.7 Å². The lowest BCUT2D eigenvalue weighted by molar-refractivity contribution is 0.1000. The summed E-state index contributed by atoms with van der Waals surface area (Å²) < 4.78 is 10.6. The van der Waals surface area contributed by atoms with Crippen LogP contribution in [0, 0.1) is 0 Å². The molecule has 1 aromatic carbocycles. The van der Waals surface area contributed by atoms with Crippen molar-refractivity contribution in [2.45, 2.75) is 6.42 Å². The Morgan fingerprint density at radius 3 is 2.75 bits per heavy atom. The molecule has 16 heavy (non-hydrogen) atoms. The first-order valence-corrected chi connectivity index (χ1v) is 5.97. The zero-order chi connectivity index (χ0) is 12.0. The highest BCUT2D eigenvalue weighted by Gasteiger charge is 2.08. The summed E-state index contributed by atoms with van der Waals surface area (Å²) in [6.45, 7) is 0.595. The van der Waals surface area contributed by atoms with E-state index in [0.29, 0.717) is 23.7 Å². The van der Waals surface area contributed by atoms with Gasteiger partial charge in [-0.25, -0.2) is 0 Å². The summed E-state index contributed by atoms with van der Waals surface area (Å²) in [7, 11) is 1.53. The fraction of sp³-hybridized carbons (Fsp3) is 0.364. The highest BCUT2D eigenvalue weighted by Crippen LogP contribution is 2.27. The molecule has 5 heteroatoms. The Labute approximate surface area is 103 Å². The summed E-state index contributed by atoms with van der Waals surface area (Å²) in [4.78, 5) is 11.0. The monoisotopic (exact) mass is 287 g/mol. The van der Waals surface area contributed by atoms with Crippen molar-refractivity contribution in [3.05, 3.63) is 23.8 Å². The molecule has 0 atom stereocenters. The van der Waals surface area contributed by atoms with E-state index >= 15 is 0 Å². The van der Waals surface area contributed by atoms with Gasteiger partial charge in [0, 0.05) is 10.9 Å². The average Bonchev–Trinajstić information content (AvgIpc) is 2.29. The second-order valence-corrected chi connectivity index (χ2v) is 3.91. The summed E-state index contributed by atoms with van der Waals surface area (Å²) in [5, 5.41) is 0.884. The van der Waals surface area contributed by atoms with E-state index in [2.05, 4.69) is 15.9 Å². The van der Waals surface area contributed by atoms with Crippen LogP contribution in [0.25, 0.3) is 0 Å². The first-order chi connectivity index (χ1) is 7.69. The molecular formula is C11H14BrNO3. The van der Waals surface area contributed by atoms with Crippen molar-refractivity contribution < 1.29 is 14.3 Å². The van der Waals surface area contributed by atoms with E-state index in [-0.39, 0.29) is 0 Å². The molecule has 0 aliphatic heterocycles. The van der Waals surface area contributed by atoms with E-state index in [1.807, 2.05) is 0 Å². The summed E-state index contributed by atoms with van der Waals surface area (Å²) in [6, 6.07) is 4.88. The number of hydrogen-bond donors (Lipinski definition) is 1. The highest BCUT2D eigenvalue weighted by atomic mass is 79.9. The minimum atomic E-state index is -0.481. The van der Waals surface area contributed by atoms with Crippen molar-refractivity contribution >= 4 is 21.8 Å². The highest BCUT2D eigenvalue weighted by molar-refractivity contribution is 9.09. The molecule has 2 N–H and O–H groups in total. The van der Waals surface area contributed by atoms with Crippen LogP contribution in [-0.2, 0) is 0 Å². The normalized spacial score (nSPS) is 9.88. The maximum atomic E-state index is 11.0. The molecule has 0 aliphatic rings. The van der Waals surface area contributed by atoms with Crippen LogP contribution >= 0.6 is 15.9 Å². The van der Waals surface area contributed by atoms with E-state index in [1.165, 1.54) is 7.11 Å². The fourth-order valence-corrected chi connectivity index (χ4v) is 1.41. The summed E-state index contributed by atoms with van der Waals surface area (Å²) in [5.74, 6) is 0.657. The third-order valence-corrected chi connectivity index (χ3v) is 2.54. The third-order valence-electron chi connectivity index (χ3n) is 1.98. The number of nitrogens with two attached hydrogens (primary N) is 1. The molecule has 1 aromatic rings. The van der Waals surface area contributed by atoms with Crippen molar-refractivity contribution in [2.24, 2.45) is 5.73 Å². The molecule has 0 saturated carbocycles. The Balaban J connectivity index is 2.80. The van der Waals surface area contributed by atoms with Gasteiger partial charge < -0.3 is 15.2 Å². The fourth-order valence-electron chi connectivity index (χ4n) is 1.18. The molecule has 0 heterocycles. The number of methoxy groups -OCH3 is 1. The lowest BCUT2D eigenvalue weighted by atomic mass is 10.2. The molecule has 88 valence electrons. The topological polar surface area (TPSA) is 61.5 Å². The average molecular weight is 288 g/mol. The Morgan fingerprint density at radius 2 is 2.19 bits per heavy atom. The van der Waals surface area contributed by atoms with Gasteiger partial charge in [-0.1, -0.05) is 15.9 Å². The van der Waals surface area contributed by atoms with Crippen LogP contribution in [0.1, 0.15) is 16.8 Å². The maximum Gasteiger partial charge on any atom is 0.248 e. The zero-order valence-corrected chi connectivity index (χ0v) is 10.6. The van der Waals surface area contributed by atoms with E-state index in [9.17, 15) is 4.79 Å². The molecule has 0 spiro atoms. The molecule has 0 unspecified atom stereocenters. The Bertz CT molecular complexity index is 368. The van der Waals surface area contributed by atoms with Crippen LogP contribution in [-0.4, -0.2) is 25.0 Å². The minimum absolute atomic E-state index is 0.407. The van der Waals surface area contributed by atoms with Gasteiger partial charge in [0.1, 0.15) is 0 Å².